The molecule has 2 nitrogen and oxygen atoms in total. The molecule has 0 atom stereocenters. The minimum absolute atomic E-state index is 0.108. The number of aryl methyl sites for hydroxylation is 1. The Hall–Kier alpha value is -0.800. The average molecular weight is 258 g/mol. The summed E-state index contributed by atoms with van der Waals surface area (Å²) in [6.45, 7) is 1.81. The van der Waals surface area contributed by atoms with Crippen molar-refractivity contribution in [1.82, 2.24) is 0 Å². The first kappa shape index (κ1) is 12.7. The van der Waals surface area contributed by atoms with Gasteiger partial charge in [0.1, 0.15) is 11.6 Å². The molecule has 1 saturated carbocycles. The second kappa shape index (κ2) is 4.46. The number of hydrogen-bond donors (Lipinski definition) is 1. The van der Waals surface area contributed by atoms with Crippen molar-refractivity contribution in [3.63, 3.8) is 0 Å². The van der Waals surface area contributed by atoms with Gasteiger partial charge >= 0.3 is 0 Å². The maximum atomic E-state index is 13.7. The summed E-state index contributed by atoms with van der Waals surface area (Å²) < 4.78 is 19.1. The van der Waals surface area contributed by atoms with Crippen LogP contribution in [-0.2, 0) is 5.54 Å². The summed E-state index contributed by atoms with van der Waals surface area (Å²) in [6.07, 6.45) is 3.75. The summed E-state index contributed by atoms with van der Waals surface area (Å²) >= 11 is 6.08. The van der Waals surface area contributed by atoms with Crippen molar-refractivity contribution in [2.75, 3.05) is 7.11 Å². The summed E-state index contributed by atoms with van der Waals surface area (Å²) in [5.74, 6) is 0.206. The Morgan fingerprint density at radius 3 is 2.53 bits per heavy atom. The van der Waals surface area contributed by atoms with Gasteiger partial charge in [-0.3, -0.25) is 0 Å². The topological polar surface area (TPSA) is 35.2 Å². The Balaban J connectivity index is 2.65. The third kappa shape index (κ3) is 2.02. The van der Waals surface area contributed by atoms with Crippen LogP contribution < -0.4 is 10.5 Å². The zero-order valence-corrected chi connectivity index (χ0v) is 10.9. The molecule has 17 heavy (non-hydrogen) atoms. The highest BCUT2D eigenvalue weighted by Crippen LogP contribution is 2.46. The van der Waals surface area contributed by atoms with Crippen molar-refractivity contribution in [3.8, 4) is 5.75 Å². The Morgan fingerprint density at radius 1 is 1.41 bits per heavy atom. The van der Waals surface area contributed by atoms with Crippen molar-refractivity contribution >= 4 is 11.6 Å². The van der Waals surface area contributed by atoms with Crippen LogP contribution in [0.5, 0.6) is 5.75 Å². The van der Waals surface area contributed by atoms with Gasteiger partial charge in [0.05, 0.1) is 12.1 Å². The number of nitrogens with two attached hydrogens (primary N) is 1. The van der Waals surface area contributed by atoms with Gasteiger partial charge in [-0.2, -0.15) is 0 Å². The van der Waals surface area contributed by atoms with Crippen LogP contribution >= 0.6 is 11.6 Å². The molecule has 0 heterocycles. The highest BCUT2D eigenvalue weighted by atomic mass is 35.5. The van der Waals surface area contributed by atoms with Gasteiger partial charge in [0.2, 0.25) is 0 Å². The Bertz CT molecular complexity index is 442. The van der Waals surface area contributed by atoms with Gasteiger partial charge in [-0.15, -0.1) is 0 Å². The number of ether oxygens (including phenoxy) is 1. The predicted octanol–water partition coefficient (Wildman–Crippen LogP) is 3.52. The third-order valence-corrected chi connectivity index (χ3v) is 3.92. The molecule has 1 aromatic carbocycles. The minimum Gasteiger partial charge on any atom is -0.496 e. The number of hydrogen-bond acceptors (Lipinski definition) is 2. The van der Waals surface area contributed by atoms with E-state index in [4.69, 9.17) is 22.1 Å². The van der Waals surface area contributed by atoms with Gasteiger partial charge in [0.15, 0.2) is 0 Å². The molecular formula is C13H17ClFNO. The molecule has 94 valence electrons. The Labute approximate surface area is 106 Å². The van der Waals surface area contributed by atoms with Crippen molar-refractivity contribution in [2.45, 2.75) is 38.1 Å². The van der Waals surface area contributed by atoms with E-state index in [1.807, 2.05) is 0 Å². The zero-order valence-electron chi connectivity index (χ0n) is 10.1. The van der Waals surface area contributed by atoms with E-state index in [-0.39, 0.29) is 5.02 Å². The third-order valence-electron chi connectivity index (χ3n) is 3.56. The van der Waals surface area contributed by atoms with Gasteiger partial charge in [-0.1, -0.05) is 24.4 Å². The van der Waals surface area contributed by atoms with Crippen molar-refractivity contribution in [2.24, 2.45) is 5.73 Å². The fourth-order valence-electron chi connectivity index (χ4n) is 2.70. The Kier molecular flexibility index (Phi) is 3.32. The Morgan fingerprint density at radius 2 is 2.00 bits per heavy atom. The smallest absolute Gasteiger partial charge is 0.142 e. The summed E-state index contributed by atoms with van der Waals surface area (Å²) in [5, 5.41) is 0.108. The second-order valence-electron chi connectivity index (χ2n) is 4.76. The first-order valence-electron chi connectivity index (χ1n) is 5.81. The van der Waals surface area contributed by atoms with E-state index < -0.39 is 11.4 Å². The maximum Gasteiger partial charge on any atom is 0.142 e. The van der Waals surface area contributed by atoms with Gasteiger partial charge in [0, 0.05) is 11.1 Å². The van der Waals surface area contributed by atoms with Crippen LogP contribution in [0.15, 0.2) is 6.07 Å². The molecule has 4 heteroatoms. The van der Waals surface area contributed by atoms with E-state index in [2.05, 4.69) is 0 Å². The molecule has 1 fully saturated rings. The molecule has 0 radical (unpaired) electrons. The second-order valence-corrected chi connectivity index (χ2v) is 5.14. The quantitative estimate of drug-likeness (QED) is 0.880. The molecule has 0 aliphatic heterocycles. The fraction of sp³-hybridized carbons (Fsp3) is 0.538. The molecule has 2 N–H and O–H groups in total. The molecule has 0 amide bonds. The van der Waals surface area contributed by atoms with Crippen molar-refractivity contribution < 1.29 is 9.13 Å². The molecule has 1 aliphatic carbocycles. The van der Waals surface area contributed by atoms with E-state index in [1.54, 1.807) is 14.0 Å². The van der Waals surface area contributed by atoms with Gasteiger partial charge in [0.25, 0.3) is 0 Å². The predicted molar refractivity (Wildman–Crippen MR) is 67.0 cm³/mol. The van der Waals surface area contributed by atoms with Crippen LogP contribution in [-0.4, -0.2) is 7.11 Å². The summed E-state index contributed by atoms with van der Waals surface area (Å²) in [6, 6.07) is 1.39. The molecule has 1 aliphatic rings. The molecule has 1 aromatic rings. The van der Waals surface area contributed by atoms with Crippen LogP contribution in [0.4, 0.5) is 4.39 Å². The summed E-state index contributed by atoms with van der Waals surface area (Å²) in [5.41, 5.74) is 7.19. The largest absolute Gasteiger partial charge is 0.496 e. The average Bonchev–Trinajstić information content (AvgIpc) is 2.71. The van der Waals surface area contributed by atoms with Crippen LogP contribution in [0.25, 0.3) is 0 Å². The highest BCUT2D eigenvalue weighted by Gasteiger charge is 2.37. The van der Waals surface area contributed by atoms with Gasteiger partial charge in [-0.05, 0) is 31.4 Å². The lowest BCUT2D eigenvalue weighted by Crippen LogP contribution is -2.34. The number of benzene rings is 1. The lowest BCUT2D eigenvalue weighted by molar-refractivity contribution is 0.374. The summed E-state index contributed by atoms with van der Waals surface area (Å²) in [4.78, 5) is 0. The standard InChI is InChI=1S/C13H17ClFNO/c1-8-7-9(15)11(14)10(12(8)17-2)13(16)5-3-4-6-13/h7H,3-6,16H2,1-2H3. The van der Waals surface area contributed by atoms with E-state index in [9.17, 15) is 4.39 Å². The van der Waals surface area contributed by atoms with E-state index in [1.165, 1.54) is 6.07 Å². The lowest BCUT2D eigenvalue weighted by atomic mass is 9.87. The number of halogens is 2. The lowest BCUT2D eigenvalue weighted by Gasteiger charge is -2.28. The van der Waals surface area contributed by atoms with Gasteiger partial charge < -0.3 is 10.5 Å². The number of methoxy groups -OCH3 is 1. The molecule has 0 bridgehead atoms. The van der Waals surface area contributed by atoms with Crippen molar-refractivity contribution in [1.29, 1.82) is 0 Å². The molecule has 2 rings (SSSR count). The first-order valence-corrected chi connectivity index (χ1v) is 6.19. The fourth-order valence-corrected chi connectivity index (χ4v) is 3.03. The van der Waals surface area contributed by atoms with E-state index >= 15 is 0 Å². The van der Waals surface area contributed by atoms with Crippen LogP contribution in [0, 0.1) is 12.7 Å². The normalized spacial score (nSPS) is 18.4. The molecule has 0 saturated heterocycles. The van der Waals surface area contributed by atoms with Gasteiger partial charge in [-0.25, -0.2) is 4.39 Å². The molecular weight excluding hydrogens is 241 g/mol. The maximum absolute atomic E-state index is 13.7. The van der Waals surface area contributed by atoms with E-state index in [0.29, 0.717) is 11.3 Å². The molecule has 0 unspecified atom stereocenters. The highest BCUT2D eigenvalue weighted by molar-refractivity contribution is 6.31. The monoisotopic (exact) mass is 257 g/mol. The van der Waals surface area contributed by atoms with E-state index in [0.717, 1.165) is 31.2 Å². The molecule has 0 spiro atoms. The first-order chi connectivity index (χ1) is 7.99. The van der Waals surface area contributed by atoms with Crippen molar-refractivity contribution in [3.05, 3.63) is 28.0 Å². The van der Waals surface area contributed by atoms with Crippen LogP contribution in [0.2, 0.25) is 5.02 Å². The zero-order chi connectivity index (χ0) is 12.6. The number of rotatable bonds is 2. The SMILES string of the molecule is COc1c(C)cc(F)c(Cl)c1C1(N)CCCC1. The van der Waals surface area contributed by atoms with Crippen LogP contribution in [0.1, 0.15) is 36.8 Å². The summed E-state index contributed by atoms with van der Waals surface area (Å²) in [7, 11) is 1.57. The van der Waals surface area contributed by atoms with Crippen LogP contribution in [0.3, 0.4) is 0 Å². The molecule has 0 aromatic heterocycles. The minimum atomic E-state index is -0.546.